The minimum atomic E-state index is -2.88. The summed E-state index contributed by atoms with van der Waals surface area (Å²) >= 11 is -2.88. The second kappa shape index (κ2) is 14.0. The quantitative estimate of drug-likeness (QED) is 0.142. The molecule has 3 rings (SSSR count). The van der Waals surface area contributed by atoms with Gasteiger partial charge in [-0.25, -0.2) is 0 Å². The normalized spacial score (nSPS) is 12.3. The summed E-state index contributed by atoms with van der Waals surface area (Å²) in [5, 5.41) is 0. The van der Waals surface area contributed by atoms with Crippen LogP contribution in [0.2, 0.25) is 0 Å². The van der Waals surface area contributed by atoms with Crippen LogP contribution in [0.1, 0.15) is 177 Å². The van der Waals surface area contributed by atoms with Gasteiger partial charge in [-0.2, -0.15) is 0 Å². The first-order valence-electron chi connectivity index (χ1n) is 16.9. The van der Waals surface area contributed by atoms with Gasteiger partial charge in [0.15, 0.2) is 0 Å². The molecule has 3 heteroatoms. The molecule has 0 N–H and O–H groups in total. The Bertz CT molecular complexity index is 1220. The number of aromatic nitrogens is 2. The topological polar surface area (TPSA) is 8.81 Å². The molecule has 42 heavy (non-hydrogen) atoms. The molecule has 2 nitrogen and oxygen atoms in total. The fourth-order valence-electron chi connectivity index (χ4n) is 6.74. The third-order valence-electron chi connectivity index (χ3n) is 9.47. The molecule has 0 atom stereocenters. The maximum absolute atomic E-state index is 2.88. The summed E-state index contributed by atoms with van der Waals surface area (Å²) in [6.45, 7) is 40.4. The van der Waals surface area contributed by atoms with Crippen LogP contribution < -0.4 is 15.6 Å². The van der Waals surface area contributed by atoms with E-state index in [-0.39, 0.29) is 0 Å². The van der Waals surface area contributed by atoms with E-state index in [0.717, 1.165) is 13.1 Å². The van der Waals surface area contributed by atoms with E-state index < -0.39 is 19.8 Å². The zero-order valence-electron chi connectivity index (χ0n) is 30.1. The van der Waals surface area contributed by atoms with Gasteiger partial charge in [-0.05, 0) is 0 Å². The Morgan fingerprint density at radius 1 is 0.571 bits per heavy atom. The number of nitrogens with zero attached hydrogens (tertiary/aromatic N) is 2. The van der Waals surface area contributed by atoms with Crippen molar-refractivity contribution in [2.45, 2.75) is 159 Å². The third kappa shape index (κ3) is 6.59. The van der Waals surface area contributed by atoms with Crippen molar-refractivity contribution in [2.24, 2.45) is 0 Å². The first-order valence-corrected chi connectivity index (χ1v) is 21.2. The predicted octanol–water partition coefficient (Wildman–Crippen LogP) is 8.69. The van der Waals surface area contributed by atoms with Crippen LogP contribution in [0.25, 0.3) is 0 Å². The van der Waals surface area contributed by atoms with E-state index in [0.29, 0.717) is 35.5 Å². The van der Waals surface area contributed by atoms with Gasteiger partial charge in [0.1, 0.15) is 0 Å². The summed E-state index contributed by atoms with van der Waals surface area (Å²) in [7, 11) is 0. The zero-order valence-corrected chi connectivity index (χ0v) is 32.9. The number of benzene rings is 2. The van der Waals surface area contributed by atoms with Gasteiger partial charge < -0.3 is 0 Å². The van der Waals surface area contributed by atoms with Crippen LogP contribution in [0.4, 0.5) is 0 Å². The van der Waals surface area contributed by atoms with Crippen molar-refractivity contribution in [2.75, 3.05) is 0 Å². The van der Waals surface area contributed by atoms with E-state index >= 15 is 0 Å². The van der Waals surface area contributed by atoms with Crippen molar-refractivity contribution >= 4 is 30.8 Å². The van der Waals surface area contributed by atoms with E-state index in [9.17, 15) is 0 Å². The molecule has 2 aromatic carbocycles. The van der Waals surface area contributed by atoms with Crippen LogP contribution in [0.3, 0.4) is 0 Å². The van der Waals surface area contributed by atoms with Gasteiger partial charge in [0.2, 0.25) is 0 Å². The van der Waals surface area contributed by atoms with Gasteiger partial charge in [-0.1, -0.05) is 0 Å². The van der Waals surface area contributed by atoms with Gasteiger partial charge in [-0.15, -0.1) is 0 Å². The number of hydrogen-bond donors (Lipinski definition) is 0. The van der Waals surface area contributed by atoms with E-state index in [1.165, 1.54) is 22.5 Å². The Hall–Kier alpha value is -1.55. The van der Waals surface area contributed by atoms with Crippen molar-refractivity contribution in [1.29, 1.82) is 0 Å². The van der Waals surface area contributed by atoms with Crippen molar-refractivity contribution in [3.8, 4) is 0 Å². The number of hydrogen-bond acceptors (Lipinski definition) is 0. The van der Waals surface area contributed by atoms with Crippen molar-refractivity contribution in [1.82, 2.24) is 4.57 Å². The van der Waals surface area contributed by atoms with Crippen LogP contribution in [0, 0.1) is 13.8 Å². The molecule has 0 bridgehead atoms. The molecular formula is C39H62N2Sn. The SMILES string of the molecule is CCn1c(C)c(C)[n+](CC)[c]1[Sn-]([c]1c(C(C)C)cc(C(C)C)cc1C(C)C)[c]1c(C(C)C)cc(C(C)C)cc1C(C)C. The summed E-state index contributed by atoms with van der Waals surface area (Å²) in [6, 6.07) is 10.4. The van der Waals surface area contributed by atoms with Crippen molar-refractivity contribution in [3.63, 3.8) is 0 Å². The molecule has 232 valence electrons. The molecule has 0 saturated carbocycles. The van der Waals surface area contributed by atoms with E-state index in [2.05, 4.69) is 144 Å². The molecular weight excluding hydrogens is 615 g/mol. The van der Waals surface area contributed by atoms with E-state index in [1.807, 2.05) is 0 Å². The second-order valence-corrected chi connectivity index (χ2v) is 20.7. The molecule has 0 spiro atoms. The van der Waals surface area contributed by atoms with E-state index in [1.54, 1.807) is 33.3 Å². The second-order valence-electron chi connectivity index (χ2n) is 14.4. The first-order chi connectivity index (χ1) is 19.6. The molecule has 0 amide bonds. The minimum absolute atomic E-state index is 0.481. The van der Waals surface area contributed by atoms with Gasteiger partial charge in [0.05, 0.1) is 0 Å². The third-order valence-corrected chi connectivity index (χ3v) is 18.4. The van der Waals surface area contributed by atoms with Gasteiger partial charge in [0.25, 0.3) is 0 Å². The Balaban J connectivity index is 2.76. The molecule has 0 aliphatic carbocycles. The molecule has 1 aromatic heterocycles. The first kappa shape index (κ1) is 34.9. The summed E-state index contributed by atoms with van der Waals surface area (Å²) in [5.41, 5.74) is 12.3. The van der Waals surface area contributed by atoms with Gasteiger partial charge in [-0.3, -0.25) is 0 Å². The monoisotopic (exact) mass is 678 g/mol. The molecule has 0 fully saturated rings. The fourth-order valence-corrected chi connectivity index (χ4v) is 19.5. The van der Waals surface area contributed by atoms with Crippen molar-refractivity contribution < 1.29 is 4.57 Å². The average molecular weight is 678 g/mol. The standard InChI is InChI=1S/2C15H23.C9H16N2.Sn/c2*1-10(2)13-7-14(11(3)4)9-15(8-13)12(5)6;1-5-10-7-11(6-2)9(4)8(10)3;/h2*7-8,10-12H,1-6H3;5-6H2,1-4H3;/q;;+1;-1. The summed E-state index contributed by atoms with van der Waals surface area (Å²) in [6.07, 6.45) is 0. The Kier molecular flexibility index (Phi) is 11.7. The van der Waals surface area contributed by atoms with Crippen LogP contribution in [-0.4, -0.2) is 24.3 Å². The summed E-state index contributed by atoms with van der Waals surface area (Å²) in [4.78, 5) is 0. The van der Waals surface area contributed by atoms with Gasteiger partial charge >= 0.3 is 268 Å². The average Bonchev–Trinajstić information content (AvgIpc) is 3.16. The Labute approximate surface area is 267 Å². The van der Waals surface area contributed by atoms with Crippen LogP contribution in [0.15, 0.2) is 24.3 Å². The molecule has 3 aromatic rings. The molecule has 0 aliphatic rings. The van der Waals surface area contributed by atoms with Gasteiger partial charge in [0, 0.05) is 0 Å². The predicted molar refractivity (Wildman–Crippen MR) is 188 cm³/mol. The molecule has 0 radical (unpaired) electrons. The molecule has 1 heterocycles. The van der Waals surface area contributed by atoms with Crippen LogP contribution in [-0.2, 0) is 13.1 Å². The number of imidazole rings is 1. The maximum atomic E-state index is 2.72. The van der Waals surface area contributed by atoms with Crippen LogP contribution >= 0.6 is 0 Å². The summed E-state index contributed by atoms with van der Waals surface area (Å²) in [5.74, 6) is 2.97. The zero-order chi connectivity index (χ0) is 31.8. The van der Waals surface area contributed by atoms with Crippen molar-refractivity contribution in [3.05, 3.63) is 69.0 Å². The molecule has 0 saturated heterocycles. The number of rotatable bonds is 11. The molecule has 0 aliphatic heterocycles. The Morgan fingerprint density at radius 2 is 0.905 bits per heavy atom. The van der Waals surface area contributed by atoms with Crippen LogP contribution in [0.5, 0.6) is 0 Å². The van der Waals surface area contributed by atoms with E-state index in [4.69, 9.17) is 0 Å². The molecule has 0 unspecified atom stereocenters. The summed E-state index contributed by atoms with van der Waals surface area (Å²) < 4.78 is 10.6. The Morgan fingerprint density at radius 3 is 1.14 bits per heavy atom. The fraction of sp³-hybridized carbons (Fsp3) is 0.615.